The number of piperidine rings is 1. The molecule has 1 aliphatic rings. The number of carbonyl (C=O) groups is 1. The average Bonchev–Trinajstić information content (AvgIpc) is 2.62. The lowest BCUT2D eigenvalue weighted by molar-refractivity contribution is -0.142. The van der Waals surface area contributed by atoms with E-state index in [4.69, 9.17) is 5.11 Å². The summed E-state index contributed by atoms with van der Waals surface area (Å²) in [7, 11) is 0. The molecule has 1 aliphatic heterocycles. The summed E-state index contributed by atoms with van der Waals surface area (Å²) in [6.07, 6.45) is 3.21. The van der Waals surface area contributed by atoms with Crippen LogP contribution in [0.5, 0.6) is 0 Å². The molecular weight excluding hydrogens is 318 g/mol. The lowest BCUT2D eigenvalue weighted by Crippen LogP contribution is -2.35. The summed E-state index contributed by atoms with van der Waals surface area (Å²) in [5, 5.41) is 28.8. The lowest BCUT2D eigenvalue weighted by Gasteiger charge is -2.31. The predicted octanol–water partition coefficient (Wildman–Crippen LogP) is 2.57. The molecule has 1 fully saturated rings. The zero-order chi connectivity index (χ0) is 18.4. The molecule has 5 heteroatoms. The van der Waals surface area contributed by atoms with Gasteiger partial charge in [-0.1, -0.05) is 24.3 Å². The Balaban J connectivity index is 1.79. The molecule has 0 aliphatic carbocycles. The topological polar surface area (TPSA) is 81.0 Å². The normalized spacial score (nSPS) is 18.2. The van der Waals surface area contributed by atoms with Crippen molar-refractivity contribution in [1.82, 2.24) is 4.90 Å². The highest BCUT2D eigenvalue weighted by molar-refractivity contribution is 5.80. The van der Waals surface area contributed by atoms with E-state index in [1.165, 1.54) is 0 Å². The number of hydrogen-bond donors (Lipinski definition) is 3. The molecule has 140 valence electrons. The van der Waals surface area contributed by atoms with Gasteiger partial charge >= 0.3 is 5.97 Å². The summed E-state index contributed by atoms with van der Waals surface area (Å²) in [5.74, 6) is -0.402. The third-order valence-corrected chi connectivity index (χ3v) is 5.47. The van der Waals surface area contributed by atoms with E-state index >= 15 is 0 Å². The van der Waals surface area contributed by atoms with E-state index in [-0.39, 0.29) is 0 Å². The van der Waals surface area contributed by atoms with Crippen molar-refractivity contribution in [3.05, 3.63) is 35.4 Å². The number of rotatable bonds is 8. The van der Waals surface area contributed by atoms with E-state index in [0.29, 0.717) is 18.9 Å². The van der Waals surface area contributed by atoms with Crippen LogP contribution in [-0.4, -0.2) is 52.4 Å². The van der Waals surface area contributed by atoms with Gasteiger partial charge in [-0.15, -0.1) is 0 Å². The maximum absolute atomic E-state index is 11.3. The van der Waals surface area contributed by atoms with E-state index in [0.717, 1.165) is 50.0 Å². The number of benzene rings is 1. The fourth-order valence-corrected chi connectivity index (χ4v) is 3.31. The number of carboxylic acid groups (broad SMARTS) is 1. The Morgan fingerprint density at radius 2 is 1.84 bits per heavy atom. The van der Waals surface area contributed by atoms with Crippen molar-refractivity contribution >= 4 is 5.97 Å². The molecule has 0 bridgehead atoms. The highest BCUT2D eigenvalue weighted by Gasteiger charge is 2.29. The van der Waals surface area contributed by atoms with Crippen molar-refractivity contribution in [2.24, 2.45) is 5.92 Å². The minimum atomic E-state index is -0.926. The van der Waals surface area contributed by atoms with Crippen LogP contribution in [0.25, 0.3) is 0 Å². The van der Waals surface area contributed by atoms with Gasteiger partial charge in [-0.3, -0.25) is 4.79 Å². The average molecular weight is 349 g/mol. The van der Waals surface area contributed by atoms with Crippen LogP contribution in [0.15, 0.2) is 24.3 Å². The fourth-order valence-electron chi connectivity index (χ4n) is 3.31. The van der Waals surface area contributed by atoms with Gasteiger partial charge in [0.1, 0.15) is 0 Å². The van der Waals surface area contributed by atoms with Crippen LogP contribution in [-0.2, 0) is 10.2 Å². The summed E-state index contributed by atoms with van der Waals surface area (Å²) < 4.78 is 0. The van der Waals surface area contributed by atoms with Crippen molar-refractivity contribution in [2.75, 3.05) is 26.2 Å². The van der Waals surface area contributed by atoms with Gasteiger partial charge in [-0.05, 0) is 76.2 Å². The molecule has 1 unspecified atom stereocenters. The molecule has 5 nitrogen and oxygen atoms in total. The number of hydrogen-bond acceptors (Lipinski definition) is 4. The largest absolute Gasteiger partial charge is 0.481 e. The van der Waals surface area contributed by atoms with Crippen molar-refractivity contribution < 1.29 is 20.1 Å². The number of aliphatic hydroxyl groups excluding tert-OH is 2. The van der Waals surface area contributed by atoms with Crippen LogP contribution in [0.2, 0.25) is 0 Å². The standard InChI is InChI=1S/C20H31NO4/c1-20(2,19(24)25)17-7-5-16(6-8-17)18(23)4-3-11-21-12-9-15(14-22)10-13-21/h5-8,15,18,22-23H,3-4,9-14H2,1-2H3,(H,24,25). The Kier molecular flexibility index (Phi) is 6.99. The number of likely N-dealkylation sites (tertiary alicyclic amines) is 1. The van der Waals surface area contributed by atoms with Crippen molar-refractivity contribution in [3.8, 4) is 0 Å². The second kappa shape index (κ2) is 8.79. The van der Waals surface area contributed by atoms with Crippen LogP contribution in [0, 0.1) is 5.92 Å². The first-order valence-corrected chi connectivity index (χ1v) is 9.19. The Hall–Kier alpha value is -1.43. The smallest absolute Gasteiger partial charge is 0.313 e. The molecule has 2 rings (SSSR count). The second-order valence-electron chi connectivity index (χ2n) is 7.68. The summed E-state index contributed by atoms with van der Waals surface area (Å²) in [4.78, 5) is 13.7. The van der Waals surface area contributed by atoms with Gasteiger partial charge in [-0.25, -0.2) is 0 Å². The molecule has 0 spiro atoms. The molecule has 1 atom stereocenters. The van der Waals surface area contributed by atoms with Crippen LogP contribution < -0.4 is 0 Å². The van der Waals surface area contributed by atoms with Crippen molar-refractivity contribution in [2.45, 2.75) is 51.0 Å². The molecule has 0 amide bonds. The highest BCUT2D eigenvalue weighted by Crippen LogP contribution is 2.26. The first-order valence-electron chi connectivity index (χ1n) is 9.19. The van der Waals surface area contributed by atoms with Gasteiger partial charge < -0.3 is 20.2 Å². The molecule has 3 N–H and O–H groups in total. The maximum atomic E-state index is 11.3. The Morgan fingerprint density at radius 1 is 1.24 bits per heavy atom. The van der Waals surface area contributed by atoms with Gasteiger partial charge in [0.25, 0.3) is 0 Å². The minimum Gasteiger partial charge on any atom is -0.481 e. The molecular formula is C20H31NO4. The van der Waals surface area contributed by atoms with E-state index in [2.05, 4.69) is 4.90 Å². The zero-order valence-electron chi connectivity index (χ0n) is 15.3. The zero-order valence-corrected chi connectivity index (χ0v) is 15.3. The van der Waals surface area contributed by atoms with Gasteiger partial charge in [0.15, 0.2) is 0 Å². The van der Waals surface area contributed by atoms with Gasteiger partial charge in [-0.2, -0.15) is 0 Å². The van der Waals surface area contributed by atoms with Crippen LogP contribution in [0.1, 0.15) is 56.8 Å². The Bertz CT molecular complexity index is 547. The second-order valence-corrected chi connectivity index (χ2v) is 7.68. The van der Waals surface area contributed by atoms with Gasteiger partial charge in [0.05, 0.1) is 11.5 Å². The van der Waals surface area contributed by atoms with Gasteiger partial charge in [0.2, 0.25) is 0 Å². The maximum Gasteiger partial charge on any atom is 0.313 e. The Morgan fingerprint density at radius 3 is 2.36 bits per heavy atom. The third-order valence-electron chi connectivity index (χ3n) is 5.47. The van der Waals surface area contributed by atoms with E-state index in [9.17, 15) is 15.0 Å². The summed E-state index contributed by atoms with van der Waals surface area (Å²) >= 11 is 0. The van der Waals surface area contributed by atoms with E-state index < -0.39 is 17.5 Å². The molecule has 0 aromatic heterocycles. The Labute approximate surface area is 150 Å². The van der Waals surface area contributed by atoms with E-state index in [1.54, 1.807) is 26.0 Å². The number of carboxylic acids is 1. The lowest BCUT2D eigenvalue weighted by atomic mass is 9.84. The first-order chi connectivity index (χ1) is 11.8. The monoisotopic (exact) mass is 349 g/mol. The fraction of sp³-hybridized carbons (Fsp3) is 0.650. The third kappa shape index (κ3) is 5.27. The number of aliphatic hydroxyl groups is 2. The molecule has 1 saturated heterocycles. The van der Waals surface area contributed by atoms with E-state index in [1.807, 2.05) is 12.1 Å². The molecule has 1 heterocycles. The summed E-state index contributed by atoms with van der Waals surface area (Å²) in [6, 6.07) is 7.26. The van der Waals surface area contributed by atoms with Crippen molar-refractivity contribution in [1.29, 1.82) is 0 Å². The quantitative estimate of drug-likeness (QED) is 0.672. The molecule has 25 heavy (non-hydrogen) atoms. The van der Waals surface area contributed by atoms with Gasteiger partial charge in [0, 0.05) is 6.61 Å². The molecule has 0 saturated carbocycles. The number of aliphatic carboxylic acids is 1. The minimum absolute atomic E-state index is 0.293. The van der Waals surface area contributed by atoms with Crippen LogP contribution in [0.3, 0.4) is 0 Å². The SMILES string of the molecule is CC(C)(C(=O)O)c1ccc(C(O)CCCN2CCC(CO)CC2)cc1. The molecule has 1 aromatic rings. The molecule has 0 radical (unpaired) electrons. The van der Waals surface area contributed by atoms with Crippen molar-refractivity contribution in [3.63, 3.8) is 0 Å². The predicted molar refractivity (Wildman–Crippen MR) is 97.5 cm³/mol. The summed E-state index contributed by atoms with van der Waals surface area (Å²) in [5.41, 5.74) is 0.649. The van der Waals surface area contributed by atoms with Crippen LogP contribution >= 0.6 is 0 Å². The first kappa shape index (κ1) is 19.9. The highest BCUT2D eigenvalue weighted by atomic mass is 16.4. The van der Waals surface area contributed by atoms with Crippen LogP contribution in [0.4, 0.5) is 0 Å². The summed E-state index contributed by atoms with van der Waals surface area (Å²) in [6.45, 7) is 6.68. The number of nitrogens with zero attached hydrogens (tertiary/aromatic N) is 1. The molecule has 1 aromatic carbocycles.